The molecule has 27 heavy (non-hydrogen) atoms. The first-order valence-electron chi connectivity index (χ1n) is 9.14. The minimum Gasteiger partial charge on any atom is -0.376 e. The van der Waals surface area contributed by atoms with Gasteiger partial charge in [0.25, 0.3) is 11.5 Å². The first kappa shape index (κ1) is 17.4. The number of carbonyl (C=O) groups is 1. The van der Waals surface area contributed by atoms with Crippen molar-refractivity contribution < 1.29 is 9.53 Å². The quantitative estimate of drug-likeness (QED) is 0.755. The van der Waals surface area contributed by atoms with E-state index in [2.05, 4.69) is 10.3 Å². The first-order valence-corrected chi connectivity index (χ1v) is 9.14. The highest BCUT2D eigenvalue weighted by atomic mass is 16.5. The van der Waals surface area contributed by atoms with Crippen molar-refractivity contribution in [1.29, 1.82) is 0 Å². The largest absolute Gasteiger partial charge is 0.376 e. The summed E-state index contributed by atoms with van der Waals surface area (Å²) in [4.78, 5) is 30.1. The third kappa shape index (κ3) is 3.75. The van der Waals surface area contributed by atoms with Gasteiger partial charge in [0, 0.05) is 24.7 Å². The summed E-state index contributed by atoms with van der Waals surface area (Å²) in [5.41, 5.74) is 1.34. The van der Waals surface area contributed by atoms with Gasteiger partial charge in [0.05, 0.1) is 12.6 Å². The highest BCUT2D eigenvalue weighted by Gasteiger charge is 2.20. The molecular formula is C21H21N3O3. The molecule has 2 aromatic heterocycles. The van der Waals surface area contributed by atoms with Gasteiger partial charge >= 0.3 is 0 Å². The third-order valence-electron chi connectivity index (χ3n) is 4.79. The molecule has 3 heterocycles. The number of aromatic nitrogens is 2. The van der Waals surface area contributed by atoms with E-state index in [0.717, 1.165) is 30.4 Å². The van der Waals surface area contributed by atoms with Crippen molar-refractivity contribution in [2.75, 3.05) is 13.2 Å². The van der Waals surface area contributed by atoms with Crippen LogP contribution in [0.3, 0.4) is 0 Å². The Bertz CT molecular complexity index is 1010. The number of nitrogens with one attached hydrogen (secondary N) is 1. The van der Waals surface area contributed by atoms with Crippen LogP contribution in [0.4, 0.5) is 0 Å². The minimum absolute atomic E-state index is 0.0302. The zero-order chi connectivity index (χ0) is 18.6. The van der Waals surface area contributed by atoms with Crippen molar-refractivity contribution in [2.45, 2.75) is 25.5 Å². The fourth-order valence-corrected chi connectivity index (χ4v) is 3.39. The molecule has 138 valence electrons. The van der Waals surface area contributed by atoms with Gasteiger partial charge in [0.2, 0.25) is 0 Å². The molecule has 4 rings (SSSR count). The van der Waals surface area contributed by atoms with Gasteiger partial charge < -0.3 is 10.1 Å². The van der Waals surface area contributed by atoms with E-state index in [1.165, 1.54) is 0 Å². The van der Waals surface area contributed by atoms with Crippen LogP contribution in [0.15, 0.2) is 59.5 Å². The summed E-state index contributed by atoms with van der Waals surface area (Å²) in [6.07, 6.45) is 3.62. The average Bonchev–Trinajstić information content (AvgIpc) is 3.22. The monoisotopic (exact) mass is 363 g/mol. The molecule has 3 aromatic rings. The fourth-order valence-electron chi connectivity index (χ4n) is 3.39. The molecule has 0 bridgehead atoms. The molecule has 1 amide bonds. The zero-order valence-electron chi connectivity index (χ0n) is 14.9. The number of pyridine rings is 2. The maximum Gasteiger partial charge on any atom is 0.265 e. The summed E-state index contributed by atoms with van der Waals surface area (Å²) in [6.45, 7) is 1.51. The number of fused-ring (bicyclic) bond motifs is 1. The third-order valence-corrected chi connectivity index (χ3v) is 4.79. The van der Waals surface area contributed by atoms with Crippen LogP contribution in [0.25, 0.3) is 11.0 Å². The Balaban J connectivity index is 1.69. The van der Waals surface area contributed by atoms with Crippen molar-refractivity contribution >= 4 is 16.9 Å². The molecule has 6 heteroatoms. The van der Waals surface area contributed by atoms with Crippen LogP contribution in [0.5, 0.6) is 0 Å². The van der Waals surface area contributed by atoms with Crippen LogP contribution in [0, 0.1) is 0 Å². The summed E-state index contributed by atoms with van der Waals surface area (Å²) in [5, 5.41) is 3.60. The molecule has 0 spiro atoms. The Morgan fingerprint density at radius 2 is 2.07 bits per heavy atom. The van der Waals surface area contributed by atoms with E-state index in [1.807, 2.05) is 36.4 Å². The van der Waals surface area contributed by atoms with E-state index in [4.69, 9.17) is 4.74 Å². The van der Waals surface area contributed by atoms with Gasteiger partial charge in [-0.2, -0.15) is 0 Å². The Morgan fingerprint density at radius 1 is 1.22 bits per heavy atom. The number of amides is 1. The normalized spacial score (nSPS) is 16.5. The van der Waals surface area contributed by atoms with E-state index in [0.29, 0.717) is 18.7 Å². The molecule has 1 atom stereocenters. The molecule has 1 fully saturated rings. The lowest BCUT2D eigenvalue weighted by Crippen LogP contribution is -2.37. The number of ether oxygens (including phenoxy) is 1. The lowest BCUT2D eigenvalue weighted by Gasteiger charge is -2.14. The van der Waals surface area contributed by atoms with E-state index in [-0.39, 0.29) is 23.1 Å². The van der Waals surface area contributed by atoms with Gasteiger partial charge in [-0.3, -0.25) is 14.2 Å². The van der Waals surface area contributed by atoms with Gasteiger partial charge in [0.1, 0.15) is 11.2 Å². The second-order valence-corrected chi connectivity index (χ2v) is 6.70. The Kier molecular flexibility index (Phi) is 4.98. The number of hydrogen-bond donors (Lipinski definition) is 1. The highest BCUT2D eigenvalue weighted by Crippen LogP contribution is 2.14. The highest BCUT2D eigenvalue weighted by molar-refractivity contribution is 5.96. The molecular weight excluding hydrogens is 342 g/mol. The summed E-state index contributed by atoms with van der Waals surface area (Å²) in [6, 6.07) is 15.0. The number of benzene rings is 1. The van der Waals surface area contributed by atoms with Crippen molar-refractivity contribution in [3.8, 4) is 0 Å². The van der Waals surface area contributed by atoms with Crippen LogP contribution in [0.2, 0.25) is 0 Å². The minimum atomic E-state index is -0.372. The molecule has 0 saturated carbocycles. The van der Waals surface area contributed by atoms with E-state index < -0.39 is 0 Å². The molecule has 1 aliphatic rings. The molecule has 0 aliphatic carbocycles. The van der Waals surface area contributed by atoms with E-state index in [9.17, 15) is 9.59 Å². The lowest BCUT2D eigenvalue weighted by atomic mass is 10.1. The Labute approximate surface area is 156 Å². The summed E-state index contributed by atoms with van der Waals surface area (Å²) in [7, 11) is 0. The van der Waals surface area contributed by atoms with Crippen LogP contribution in [0.1, 0.15) is 28.8 Å². The molecule has 1 unspecified atom stereocenters. The number of carbonyl (C=O) groups excluding carboxylic acids is 1. The average molecular weight is 363 g/mol. The smallest absolute Gasteiger partial charge is 0.265 e. The second-order valence-electron chi connectivity index (χ2n) is 6.70. The van der Waals surface area contributed by atoms with E-state index >= 15 is 0 Å². The predicted molar refractivity (Wildman–Crippen MR) is 103 cm³/mol. The Hall–Kier alpha value is -2.99. The second kappa shape index (κ2) is 7.72. The van der Waals surface area contributed by atoms with E-state index in [1.54, 1.807) is 22.9 Å². The molecule has 1 saturated heterocycles. The van der Waals surface area contributed by atoms with Crippen LogP contribution in [-0.2, 0) is 11.3 Å². The maximum absolute atomic E-state index is 13.1. The zero-order valence-corrected chi connectivity index (χ0v) is 14.9. The molecule has 0 radical (unpaired) electrons. The maximum atomic E-state index is 13.1. The molecule has 1 aliphatic heterocycles. The van der Waals surface area contributed by atoms with Crippen molar-refractivity contribution in [2.24, 2.45) is 0 Å². The topological polar surface area (TPSA) is 73.2 Å². The molecule has 6 nitrogen and oxygen atoms in total. The van der Waals surface area contributed by atoms with Gasteiger partial charge in [-0.25, -0.2) is 4.98 Å². The van der Waals surface area contributed by atoms with Crippen molar-refractivity contribution in [3.63, 3.8) is 0 Å². The van der Waals surface area contributed by atoms with Gasteiger partial charge in [-0.05, 0) is 36.6 Å². The summed E-state index contributed by atoms with van der Waals surface area (Å²) in [5.74, 6) is -0.372. The number of rotatable bonds is 5. The predicted octanol–water partition coefficient (Wildman–Crippen LogP) is 2.35. The number of hydrogen-bond acceptors (Lipinski definition) is 4. The van der Waals surface area contributed by atoms with Crippen LogP contribution >= 0.6 is 0 Å². The fraction of sp³-hybridized carbons (Fsp3) is 0.286. The van der Waals surface area contributed by atoms with Gasteiger partial charge in [-0.15, -0.1) is 0 Å². The molecule has 1 aromatic carbocycles. The Morgan fingerprint density at radius 3 is 2.85 bits per heavy atom. The first-order chi connectivity index (χ1) is 13.2. The summed E-state index contributed by atoms with van der Waals surface area (Å²) < 4.78 is 7.10. The van der Waals surface area contributed by atoms with Crippen LogP contribution < -0.4 is 10.9 Å². The van der Waals surface area contributed by atoms with Crippen molar-refractivity contribution in [1.82, 2.24) is 14.9 Å². The lowest BCUT2D eigenvalue weighted by molar-refractivity contribution is 0.0856. The van der Waals surface area contributed by atoms with Gasteiger partial charge in [-0.1, -0.05) is 30.3 Å². The van der Waals surface area contributed by atoms with Gasteiger partial charge in [0.15, 0.2) is 0 Å². The SMILES string of the molecule is O=C(NCC1CCCO1)c1cc2cccnc2n(Cc2ccccc2)c1=O. The van der Waals surface area contributed by atoms with Crippen molar-refractivity contribution in [3.05, 3.63) is 76.2 Å². The van der Waals surface area contributed by atoms with Crippen LogP contribution in [-0.4, -0.2) is 34.7 Å². The standard InChI is InChI=1S/C21H21N3O3/c25-20(23-13-17-9-5-11-27-17)18-12-16-8-4-10-22-19(16)24(21(18)26)14-15-6-2-1-3-7-15/h1-4,6-8,10,12,17H,5,9,11,13-14H2,(H,23,25). The molecule has 1 N–H and O–H groups in total. The summed E-state index contributed by atoms with van der Waals surface area (Å²) >= 11 is 0. The number of nitrogens with zero attached hydrogens (tertiary/aromatic N) is 2.